The number of nitrogens with zero attached hydrogens (tertiary/aromatic N) is 3. The van der Waals surface area contributed by atoms with Gasteiger partial charge in [-0.15, -0.1) is 12.4 Å². The van der Waals surface area contributed by atoms with E-state index in [-0.39, 0.29) is 24.2 Å². The Morgan fingerprint density at radius 1 is 1.39 bits per heavy atom. The van der Waals surface area contributed by atoms with Crippen molar-refractivity contribution < 1.29 is 14.3 Å². The Bertz CT molecular complexity index is 981. The highest BCUT2D eigenvalue weighted by molar-refractivity contribution is 6.32. The highest BCUT2D eigenvalue weighted by atomic mass is 35.5. The van der Waals surface area contributed by atoms with Gasteiger partial charge in [0.1, 0.15) is 11.6 Å². The zero-order valence-electron chi connectivity index (χ0n) is 17.7. The summed E-state index contributed by atoms with van der Waals surface area (Å²) in [6.45, 7) is 3.68. The van der Waals surface area contributed by atoms with Crippen molar-refractivity contribution in [3.05, 3.63) is 58.3 Å². The highest BCUT2D eigenvalue weighted by Crippen LogP contribution is 2.29. The number of aromatic nitrogens is 1. The average Bonchev–Trinajstić information content (AvgIpc) is 2.84. The van der Waals surface area contributed by atoms with Gasteiger partial charge in [0, 0.05) is 43.5 Å². The van der Waals surface area contributed by atoms with Crippen LogP contribution in [0, 0.1) is 0 Å². The van der Waals surface area contributed by atoms with Crippen molar-refractivity contribution in [1.82, 2.24) is 14.8 Å². The molecule has 1 aliphatic rings. The molecule has 31 heavy (non-hydrogen) atoms. The molecule has 2 heterocycles. The largest absolute Gasteiger partial charge is 0.492 e. The fraction of sp³-hybridized carbons (Fsp3) is 0.318. The third-order valence-electron chi connectivity index (χ3n) is 4.64. The summed E-state index contributed by atoms with van der Waals surface area (Å²) in [5.41, 5.74) is 2.54. The second kappa shape index (κ2) is 11.1. The summed E-state index contributed by atoms with van der Waals surface area (Å²) < 4.78 is 5.63. The van der Waals surface area contributed by atoms with Gasteiger partial charge < -0.3 is 15.0 Å². The number of nitrogens with one attached hydrogen (secondary N) is 1. The van der Waals surface area contributed by atoms with E-state index in [9.17, 15) is 9.59 Å². The molecule has 0 spiro atoms. The third-order valence-corrected chi connectivity index (χ3v) is 4.94. The molecule has 0 unspecified atom stereocenters. The van der Waals surface area contributed by atoms with Gasteiger partial charge in [-0.3, -0.25) is 14.5 Å². The van der Waals surface area contributed by atoms with Crippen LogP contribution in [-0.2, 0) is 22.7 Å². The summed E-state index contributed by atoms with van der Waals surface area (Å²) >= 11 is 6.22. The maximum Gasteiger partial charge on any atom is 0.246 e. The smallest absolute Gasteiger partial charge is 0.246 e. The van der Waals surface area contributed by atoms with Gasteiger partial charge >= 0.3 is 0 Å². The minimum absolute atomic E-state index is 0. The van der Waals surface area contributed by atoms with Gasteiger partial charge in [0.25, 0.3) is 0 Å². The van der Waals surface area contributed by atoms with Gasteiger partial charge in [-0.2, -0.15) is 0 Å². The summed E-state index contributed by atoms with van der Waals surface area (Å²) in [7, 11) is 3.60. The summed E-state index contributed by atoms with van der Waals surface area (Å²) in [6, 6.07) is 7.43. The lowest BCUT2D eigenvalue weighted by Crippen LogP contribution is -2.26. The van der Waals surface area contributed by atoms with E-state index in [0.717, 1.165) is 16.7 Å². The molecule has 7 nitrogen and oxygen atoms in total. The fourth-order valence-electron chi connectivity index (χ4n) is 3.23. The number of benzene rings is 1. The molecule has 2 aromatic rings. The molecule has 0 aliphatic carbocycles. The van der Waals surface area contributed by atoms with Gasteiger partial charge in [0.2, 0.25) is 11.8 Å². The number of rotatable bonds is 6. The second-order valence-electron chi connectivity index (χ2n) is 7.19. The molecule has 1 aromatic heterocycles. The predicted octanol–water partition coefficient (Wildman–Crippen LogP) is 3.61. The molecular formula is C22H26Cl2N4O3. The van der Waals surface area contributed by atoms with Crippen LogP contribution >= 0.6 is 24.0 Å². The molecule has 2 amide bonds. The van der Waals surface area contributed by atoms with Crippen molar-refractivity contribution >= 4 is 47.7 Å². The Balaban J connectivity index is 0.00000341. The zero-order chi connectivity index (χ0) is 21.7. The molecule has 0 radical (unpaired) electrons. The van der Waals surface area contributed by atoms with Crippen LogP contribution in [0.25, 0.3) is 6.08 Å². The summed E-state index contributed by atoms with van der Waals surface area (Å²) in [5.74, 6) is 0.926. The van der Waals surface area contributed by atoms with Crippen LogP contribution in [-0.4, -0.2) is 53.8 Å². The lowest BCUT2D eigenvalue weighted by Gasteiger charge is -2.18. The molecule has 9 heteroatoms. The quantitative estimate of drug-likeness (QED) is 0.660. The summed E-state index contributed by atoms with van der Waals surface area (Å²) in [4.78, 5) is 32.2. The van der Waals surface area contributed by atoms with E-state index >= 15 is 0 Å². The van der Waals surface area contributed by atoms with Gasteiger partial charge in [0.15, 0.2) is 0 Å². The van der Waals surface area contributed by atoms with Crippen LogP contribution in [0.3, 0.4) is 0 Å². The lowest BCUT2D eigenvalue weighted by molar-refractivity contribution is -0.125. The normalized spacial score (nSPS) is 13.7. The molecule has 0 saturated carbocycles. The van der Waals surface area contributed by atoms with Crippen LogP contribution in [0.1, 0.15) is 23.6 Å². The van der Waals surface area contributed by atoms with Crippen LogP contribution in [0.2, 0.25) is 5.02 Å². The van der Waals surface area contributed by atoms with E-state index in [1.54, 1.807) is 30.3 Å². The minimum Gasteiger partial charge on any atom is -0.492 e. The van der Waals surface area contributed by atoms with E-state index in [4.69, 9.17) is 16.3 Å². The Kier molecular flexibility index (Phi) is 8.86. The SMILES string of the molecule is CCOc1c(Cl)cccc1CN(C)C(=O)C=Cc1cnc2c(c1)CN(C)CC(=O)N2.Cl. The van der Waals surface area contributed by atoms with Crippen molar-refractivity contribution in [1.29, 1.82) is 0 Å². The van der Waals surface area contributed by atoms with E-state index in [2.05, 4.69) is 10.3 Å². The number of halogens is 2. The molecule has 1 N–H and O–H groups in total. The van der Waals surface area contributed by atoms with Crippen molar-refractivity contribution in [2.75, 3.05) is 32.6 Å². The number of carbonyl (C=O) groups excluding carboxylic acids is 2. The van der Waals surface area contributed by atoms with E-state index in [1.807, 2.05) is 37.1 Å². The highest BCUT2D eigenvalue weighted by Gasteiger charge is 2.17. The number of hydrogen-bond donors (Lipinski definition) is 1. The number of pyridine rings is 1. The Morgan fingerprint density at radius 3 is 2.90 bits per heavy atom. The first-order valence-corrected chi connectivity index (χ1v) is 10.1. The molecule has 3 rings (SSSR count). The first-order valence-electron chi connectivity index (χ1n) is 9.68. The molecule has 0 fully saturated rings. The maximum absolute atomic E-state index is 12.6. The molecular weight excluding hydrogens is 439 g/mol. The maximum atomic E-state index is 12.6. The second-order valence-corrected chi connectivity index (χ2v) is 7.59. The minimum atomic E-state index is -0.155. The third kappa shape index (κ3) is 6.43. The summed E-state index contributed by atoms with van der Waals surface area (Å²) in [6.07, 6.45) is 4.87. The van der Waals surface area contributed by atoms with E-state index < -0.39 is 0 Å². The Morgan fingerprint density at radius 2 is 2.16 bits per heavy atom. The van der Waals surface area contributed by atoms with Crippen molar-refractivity contribution in [2.24, 2.45) is 0 Å². The number of anilines is 1. The van der Waals surface area contributed by atoms with E-state index in [0.29, 0.717) is 42.8 Å². The van der Waals surface area contributed by atoms with Crippen molar-refractivity contribution in [2.45, 2.75) is 20.0 Å². The molecule has 0 atom stereocenters. The predicted molar refractivity (Wildman–Crippen MR) is 125 cm³/mol. The van der Waals surface area contributed by atoms with Crippen LogP contribution < -0.4 is 10.1 Å². The van der Waals surface area contributed by atoms with Gasteiger partial charge in [-0.1, -0.05) is 23.7 Å². The average molecular weight is 465 g/mol. The lowest BCUT2D eigenvalue weighted by atomic mass is 10.1. The number of hydrogen-bond acceptors (Lipinski definition) is 5. The Labute approximate surface area is 193 Å². The number of carbonyl (C=O) groups is 2. The van der Waals surface area contributed by atoms with Crippen molar-refractivity contribution in [3.8, 4) is 5.75 Å². The number of likely N-dealkylation sites (N-methyl/N-ethyl adjacent to an activating group) is 2. The first kappa shape index (κ1) is 24.7. The van der Waals surface area contributed by atoms with Gasteiger partial charge in [-0.05, 0) is 37.7 Å². The number of amides is 2. The zero-order valence-corrected chi connectivity index (χ0v) is 19.3. The molecule has 0 saturated heterocycles. The molecule has 1 aliphatic heterocycles. The fourth-order valence-corrected chi connectivity index (χ4v) is 3.48. The molecule has 166 valence electrons. The van der Waals surface area contributed by atoms with Crippen LogP contribution in [0.15, 0.2) is 36.5 Å². The number of fused-ring (bicyclic) bond motifs is 1. The number of para-hydroxylation sites is 1. The monoisotopic (exact) mass is 464 g/mol. The molecule has 0 bridgehead atoms. The van der Waals surface area contributed by atoms with Crippen LogP contribution in [0.4, 0.5) is 5.82 Å². The summed E-state index contributed by atoms with van der Waals surface area (Å²) in [5, 5.41) is 3.32. The van der Waals surface area contributed by atoms with Gasteiger partial charge in [0.05, 0.1) is 18.2 Å². The standard InChI is InChI=1S/C22H25ClN4O3.ClH/c1-4-30-21-16(6-5-7-18(21)23)13-27(3)20(29)9-8-15-10-17-12-26(2)14-19(28)25-22(17)24-11-15;/h5-11H,4,12-14H2,1-3H3,(H,24,25,28);1H. The van der Waals surface area contributed by atoms with Crippen LogP contribution in [0.5, 0.6) is 5.75 Å². The molecule has 1 aromatic carbocycles. The van der Waals surface area contributed by atoms with Crippen molar-refractivity contribution in [3.63, 3.8) is 0 Å². The topological polar surface area (TPSA) is 74.8 Å². The Hall–Kier alpha value is -2.61. The first-order chi connectivity index (χ1) is 14.4. The number of ether oxygens (including phenoxy) is 1. The van der Waals surface area contributed by atoms with Gasteiger partial charge in [-0.25, -0.2) is 4.98 Å². The van der Waals surface area contributed by atoms with E-state index in [1.165, 1.54) is 6.08 Å².